The van der Waals surface area contributed by atoms with Crippen molar-refractivity contribution < 1.29 is 19.1 Å². The molecule has 1 heterocycles. The van der Waals surface area contributed by atoms with Crippen molar-refractivity contribution in [2.45, 2.75) is 26.1 Å². The number of nitrogens with zero attached hydrogens (tertiary/aromatic N) is 1. The highest BCUT2D eigenvalue weighted by molar-refractivity contribution is 5.92. The fraction of sp³-hybridized carbons (Fsp3) is 0.800. The minimum Gasteiger partial charge on any atom is -0.453 e. The van der Waals surface area contributed by atoms with Gasteiger partial charge in [0, 0.05) is 13.1 Å². The van der Waals surface area contributed by atoms with Crippen LogP contribution in [0.1, 0.15) is 13.8 Å². The Balaban J connectivity index is 2.35. The number of imide groups is 1. The van der Waals surface area contributed by atoms with Crippen LogP contribution in [0.3, 0.4) is 0 Å². The van der Waals surface area contributed by atoms with Gasteiger partial charge >= 0.3 is 6.09 Å². The van der Waals surface area contributed by atoms with E-state index in [2.05, 4.69) is 10.1 Å². The molecule has 0 spiro atoms. The van der Waals surface area contributed by atoms with Crippen LogP contribution in [0.25, 0.3) is 0 Å². The van der Waals surface area contributed by atoms with E-state index >= 15 is 0 Å². The second-order valence-corrected chi connectivity index (χ2v) is 3.99. The fourth-order valence-corrected chi connectivity index (χ4v) is 1.82. The molecule has 0 aromatic rings. The Hall–Kier alpha value is -1.14. The van der Waals surface area contributed by atoms with E-state index in [1.807, 2.05) is 18.7 Å². The van der Waals surface area contributed by atoms with Crippen LogP contribution in [0, 0.1) is 0 Å². The zero-order valence-corrected chi connectivity index (χ0v) is 9.86. The van der Waals surface area contributed by atoms with Crippen LogP contribution >= 0.6 is 0 Å². The second-order valence-electron chi connectivity index (χ2n) is 3.99. The molecular weight excluding hydrogens is 212 g/mol. The van der Waals surface area contributed by atoms with Gasteiger partial charge in [0.05, 0.1) is 25.9 Å². The normalized spacial score (nSPS) is 26.2. The monoisotopic (exact) mass is 230 g/mol. The van der Waals surface area contributed by atoms with Crippen molar-refractivity contribution in [1.82, 2.24) is 10.2 Å². The van der Waals surface area contributed by atoms with Gasteiger partial charge < -0.3 is 9.47 Å². The molecule has 16 heavy (non-hydrogen) atoms. The Bertz CT molecular complexity index is 260. The molecule has 1 aliphatic rings. The van der Waals surface area contributed by atoms with Gasteiger partial charge in [-0.25, -0.2) is 4.79 Å². The quantitative estimate of drug-likeness (QED) is 0.722. The molecular formula is C10H18N2O4. The smallest absolute Gasteiger partial charge is 0.413 e. The van der Waals surface area contributed by atoms with Crippen LogP contribution in [0.5, 0.6) is 0 Å². The van der Waals surface area contributed by atoms with Gasteiger partial charge in [0.1, 0.15) is 0 Å². The van der Waals surface area contributed by atoms with Gasteiger partial charge in [-0.15, -0.1) is 0 Å². The maximum absolute atomic E-state index is 11.4. The average molecular weight is 230 g/mol. The number of morpholine rings is 1. The van der Waals surface area contributed by atoms with Crippen LogP contribution in [0.15, 0.2) is 0 Å². The molecule has 0 unspecified atom stereocenters. The number of rotatable bonds is 2. The standard InChI is InChI=1S/C10H18N2O4/c1-7-4-12(5-8(2)16-7)6-9(13)11-10(14)15-3/h7-8H,4-6H2,1-3H3,(H,11,13,14)/t7-,8-/m1/s1. The summed E-state index contributed by atoms with van der Waals surface area (Å²) in [5.41, 5.74) is 0. The molecule has 1 saturated heterocycles. The van der Waals surface area contributed by atoms with E-state index in [0.717, 1.165) is 0 Å². The van der Waals surface area contributed by atoms with Crippen LogP contribution in [-0.4, -0.2) is 55.9 Å². The zero-order chi connectivity index (χ0) is 12.1. The lowest BCUT2D eigenvalue weighted by Gasteiger charge is -2.34. The first-order chi connectivity index (χ1) is 7.51. The highest BCUT2D eigenvalue weighted by Crippen LogP contribution is 2.09. The van der Waals surface area contributed by atoms with Crippen LogP contribution in [0.2, 0.25) is 0 Å². The Labute approximate surface area is 94.9 Å². The molecule has 92 valence electrons. The third-order valence-electron chi connectivity index (χ3n) is 2.29. The highest BCUT2D eigenvalue weighted by atomic mass is 16.5. The SMILES string of the molecule is COC(=O)NC(=O)CN1C[C@@H](C)O[C@H](C)C1. The number of hydrogen-bond donors (Lipinski definition) is 1. The molecule has 1 fully saturated rings. The molecule has 1 rings (SSSR count). The van der Waals surface area contributed by atoms with Crippen LogP contribution in [-0.2, 0) is 14.3 Å². The van der Waals surface area contributed by atoms with Crippen LogP contribution < -0.4 is 5.32 Å². The number of nitrogens with one attached hydrogen (secondary N) is 1. The first-order valence-electron chi connectivity index (χ1n) is 5.27. The largest absolute Gasteiger partial charge is 0.453 e. The Morgan fingerprint density at radius 2 is 1.94 bits per heavy atom. The van der Waals surface area contributed by atoms with E-state index in [-0.39, 0.29) is 24.7 Å². The lowest BCUT2D eigenvalue weighted by atomic mass is 10.2. The topological polar surface area (TPSA) is 67.9 Å². The van der Waals surface area contributed by atoms with Crippen LogP contribution in [0.4, 0.5) is 4.79 Å². The predicted molar refractivity (Wildman–Crippen MR) is 57.0 cm³/mol. The van der Waals surface area contributed by atoms with Crippen molar-refractivity contribution >= 4 is 12.0 Å². The van der Waals surface area contributed by atoms with E-state index in [1.54, 1.807) is 0 Å². The molecule has 0 aromatic heterocycles. The van der Waals surface area contributed by atoms with E-state index in [4.69, 9.17) is 4.74 Å². The molecule has 0 saturated carbocycles. The number of carbonyl (C=O) groups excluding carboxylic acids is 2. The molecule has 0 aliphatic carbocycles. The first kappa shape index (κ1) is 12.9. The Morgan fingerprint density at radius 1 is 1.38 bits per heavy atom. The van der Waals surface area contributed by atoms with Crippen molar-refractivity contribution in [3.8, 4) is 0 Å². The number of hydrogen-bond acceptors (Lipinski definition) is 5. The zero-order valence-electron chi connectivity index (χ0n) is 9.86. The minimum absolute atomic E-state index is 0.106. The molecule has 0 bridgehead atoms. The summed E-state index contributed by atoms with van der Waals surface area (Å²) in [5.74, 6) is -0.354. The molecule has 6 nitrogen and oxygen atoms in total. The van der Waals surface area contributed by atoms with Gasteiger partial charge in [0.2, 0.25) is 5.91 Å². The summed E-state index contributed by atoms with van der Waals surface area (Å²) in [6.07, 6.45) is -0.510. The first-order valence-corrected chi connectivity index (χ1v) is 5.27. The van der Waals surface area contributed by atoms with E-state index in [1.165, 1.54) is 7.11 Å². The third-order valence-corrected chi connectivity index (χ3v) is 2.29. The summed E-state index contributed by atoms with van der Waals surface area (Å²) in [7, 11) is 1.22. The van der Waals surface area contributed by atoms with Crippen molar-refractivity contribution in [1.29, 1.82) is 0 Å². The predicted octanol–water partition coefficient (Wildman–Crippen LogP) is -0.0218. The van der Waals surface area contributed by atoms with Crippen molar-refractivity contribution in [3.63, 3.8) is 0 Å². The lowest BCUT2D eigenvalue weighted by molar-refractivity contribution is -0.125. The number of ether oxygens (including phenoxy) is 2. The Morgan fingerprint density at radius 3 is 2.44 bits per heavy atom. The molecule has 0 aromatic carbocycles. The van der Waals surface area contributed by atoms with Crippen molar-refractivity contribution in [2.24, 2.45) is 0 Å². The minimum atomic E-state index is -0.723. The molecule has 0 radical (unpaired) electrons. The molecule has 2 amide bonds. The number of methoxy groups -OCH3 is 1. The molecule has 1 N–H and O–H groups in total. The maximum Gasteiger partial charge on any atom is 0.413 e. The van der Waals surface area contributed by atoms with Gasteiger partial charge in [0.25, 0.3) is 0 Å². The Kier molecular flexibility index (Phi) is 4.70. The third kappa shape index (κ3) is 4.16. The average Bonchev–Trinajstić information content (AvgIpc) is 2.15. The van der Waals surface area contributed by atoms with E-state index < -0.39 is 6.09 Å². The van der Waals surface area contributed by atoms with Crippen molar-refractivity contribution in [3.05, 3.63) is 0 Å². The molecule has 2 atom stereocenters. The van der Waals surface area contributed by atoms with Crippen molar-refractivity contribution in [2.75, 3.05) is 26.7 Å². The summed E-state index contributed by atoms with van der Waals surface area (Å²) in [6, 6.07) is 0. The van der Waals surface area contributed by atoms with E-state index in [9.17, 15) is 9.59 Å². The fourth-order valence-electron chi connectivity index (χ4n) is 1.82. The number of amides is 2. The summed E-state index contributed by atoms with van der Waals surface area (Å²) in [6.45, 7) is 5.49. The second kappa shape index (κ2) is 5.81. The van der Waals surface area contributed by atoms with E-state index in [0.29, 0.717) is 13.1 Å². The number of carbonyl (C=O) groups is 2. The lowest BCUT2D eigenvalue weighted by Crippen LogP contribution is -2.49. The summed E-state index contributed by atoms with van der Waals surface area (Å²) in [4.78, 5) is 24.2. The van der Waals surface area contributed by atoms with Gasteiger partial charge in [-0.3, -0.25) is 15.0 Å². The van der Waals surface area contributed by atoms with Gasteiger partial charge in [-0.05, 0) is 13.8 Å². The number of alkyl carbamates (subject to hydrolysis) is 1. The highest BCUT2D eigenvalue weighted by Gasteiger charge is 2.24. The van der Waals surface area contributed by atoms with Gasteiger partial charge in [0.15, 0.2) is 0 Å². The molecule has 1 aliphatic heterocycles. The molecule has 6 heteroatoms. The summed E-state index contributed by atoms with van der Waals surface area (Å²) in [5, 5.41) is 2.12. The van der Waals surface area contributed by atoms with Gasteiger partial charge in [-0.2, -0.15) is 0 Å². The maximum atomic E-state index is 11.4. The summed E-state index contributed by atoms with van der Waals surface area (Å²) >= 11 is 0. The summed E-state index contributed by atoms with van der Waals surface area (Å²) < 4.78 is 9.87. The van der Waals surface area contributed by atoms with Gasteiger partial charge in [-0.1, -0.05) is 0 Å².